The molecule has 2 aromatic rings. The summed E-state index contributed by atoms with van der Waals surface area (Å²) in [6.45, 7) is 6.54. The Labute approximate surface area is 158 Å². The Morgan fingerprint density at radius 3 is 2.33 bits per heavy atom. The Hall–Kier alpha value is -2.93. The van der Waals surface area contributed by atoms with Gasteiger partial charge in [-0.25, -0.2) is 9.59 Å². The number of urea groups is 1. The Kier molecular flexibility index (Phi) is 6.03. The first kappa shape index (κ1) is 18.8. The van der Waals surface area contributed by atoms with Crippen molar-refractivity contribution in [2.24, 2.45) is 0 Å². The summed E-state index contributed by atoms with van der Waals surface area (Å²) in [5.41, 5.74) is 1.57. The maximum Gasteiger partial charge on any atom is 0.337 e. The van der Waals surface area contributed by atoms with E-state index in [9.17, 15) is 9.59 Å². The van der Waals surface area contributed by atoms with E-state index in [0.717, 1.165) is 25.3 Å². The number of aromatic nitrogens is 1. The quantitative estimate of drug-likeness (QED) is 0.878. The lowest BCUT2D eigenvalue weighted by atomic mass is 10.2. The second-order valence-electron chi connectivity index (χ2n) is 6.47. The molecular weight excluding hydrogens is 344 g/mol. The minimum atomic E-state index is -1.01. The lowest BCUT2D eigenvalue weighted by Gasteiger charge is -2.37. The number of carbonyl (C=O) groups excluding carboxylic acids is 1. The van der Waals surface area contributed by atoms with Crippen molar-refractivity contribution in [3.05, 3.63) is 59.9 Å². The van der Waals surface area contributed by atoms with Gasteiger partial charge in [-0.05, 0) is 30.8 Å². The lowest BCUT2D eigenvalue weighted by molar-refractivity contribution is 0.0696. The molecule has 27 heavy (non-hydrogen) atoms. The van der Waals surface area contributed by atoms with Crippen LogP contribution in [0.1, 0.15) is 23.0 Å². The molecule has 7 nitrogen and oxygen atoms in total. The van der Waals surface area contributed by atoms with Gasteiger partial charge in [-0.3, -0.25) is 9.88 Å². The lowest BCUT2D eigenvalue weighted by Crippen LogP contribution is -2.52. The van der Waals surface area contributed by atoms with Crippen LogP contribution in [0.15, 0.2) is 48.7 Å². The van der Waals surface area contributed by atoms with Crippen LogP contribution in [0.4, 0.5) is 10.5 Å². The van der Waals surface area contributed by atoms with Crippen LogP contribution in [-0.2, 0) is 6.54 Å². The Morgan fingerprint density at radius 2 is 1.78 bits per heavy atom. The molecular formula is C20H24N4O3. The molecule has 2 amide bonds. The van der Waals surface area contributed by atoms with Gasteiger partial charge >= 0.3 is 12.0 Å². The van der Waals surface area contributed by atoms with Crippen LogP contribution in [0.25, 0.3) is 0 Å². The van der Waals surface area contributed by atoms with Gasteiger partial charge in [-0.1, -0.05) is 25.1 Å². The highest BCUT2D eigenvalue weighted by Gasteiger charge is 2.26. The number of nitrogens with zero attached hydrogens (tertiary/aromatic N) is 4. The first-order chi connectivity index (χ1) is 13.1. The largest absolute Gasteiger partial charge is 0.478 e. The van der Waals surface area contributed by atoms with E-state index in [4.69, 9.17) is 5.11 Å². The molecule has 1 fully saturated rings. The van der Waals surface area contributed by atoms with Crippen LogP contribution >= 0.6 is 0 Å². The van der Waals surface area contributed by atoms with Crippen molar-refractivity contribution < 1.29 is 14.7 Å². The number of pyridine rings is 1. The van der Waals surface area contributed by atoms with Gasteiger partial charge in [-0.2, -0.15) is 0 Å². The molecule has 142 valence electrons. The van der Waals surface area contributed by atoms with Gasteiger partial charge in [0.2, 0.25) is 0 Å². The second-order valence-corrected chi connectivity index (χ2v) is 6.47. The molecule has 1 N–H and O–H groups in total. The monoisotopic (exact) mass is 368 g/mol. The third-order valence-corrected chi connectivity index (χ3v) is 4.78. The molecule has 7 heteroatoms. The molecule has 1 aromatic heterocycles. The van der Waals surface area contributed by atoms with Crippen molar-refractivity contribution in [2.75, 3.05) is 37.6 Å². The number of piperazine rings is 1. The summed E-state index contributed by atoms with van der Waals surface area (Å²) in [7, 11) is 0. The summed E-state index contributed by atoms with van der Waals surface area (Å²) >= 11 is 0. The molecule has 0 radical (unpaired) electrons. The third kappa shape index (κ3) is 4.62. The molecule has 1 aliphatic rings. The molecule has 0 unspecified atom stereocenters. The van der Waals surface area contributed by atoms with Gasteiger partial charge in [-0.15, -0.1) is 0 Å². The smallest absolute Gasteiger partial charge is 0.337 e. The van der Waals surface area contributed by atoms with Gasteiger partial charge in [0.1, 0.15) is 0 Å². The predicted octanol–water partition coefficient (Wildman–Crippen LogP) is 2.54. The Bertz CT molecular complexity index is 772. The maximum atomic E-state index is 13.2. The van der Waals surface area contributed by atoms with E-state index in [1.165, 1.54) is 12.3 Å². The van der Waals surface area contributed by atoms with Crippen molar-refractivity contribution in [2.45, 2.75) is 13.5 Å². The van der Waals surface area contributed by atoms with E-state index in [1.807, 2.05) is 35.2 Å². The summed E-state index contributed by atoms with van der Waals surface area (Å²) in [5, 5.41) is 9.02. The summed E-state index contributed by atoms with van der Waals surface area (Å²) in [4.78, 5) is 34.3. The van der Waals surface area contributed by atoms with Gasteiger partial charge in [0.25, 0.3) is 0 Å². The van der Waals surface area contributed by atoms with E-state index in [2.05, 4.69) is 16.8 Å². The zero-order chi connectivity index (χ0) is 19.2. The van der Waals surface area contributed by atoms with E-state index in [1.54, 1.807) is 11.0 Å². The third-order valence-electron chi connectivity index (χ3n) is 4.78. The SMILES string of the molecule is CCN1CCN(C(=O)N(Cc2ccc(C(=O)O)cn2)c2ccccc2)CC1. The van der Waals surface area contributed by atoms with Crippen molar-refractivity contribution in [3.8, 4) is 0 Å². The molecule has 1 aliphatic heterocycles. The average Bonchev–Trinajstić information content (AvgIpc) is 2.72. The standard InChI is InChI=1S/C20H24N4O3/c1-2-22-10-12-23(13-11-22)20(27)24(18-6-4-3-5-7-18)15-17-9-8-16(14-21-17)19(25)26/h3-9,14H,2,10-13,15H2,1H3,(H,25,26). The molecule has 0 spiro atoms. The molecule has 1 saturated heterocycles. The fraction of sp³-hybridized carbons (Fsp3) is 0.350. The number of carboxylic acids is 1. The summed E-state index contributed by atoms with van der Waals surface area (Å²) < 4.78 is 0. The van der Waals surface area contributed by atoms with Crippen molar-refractivity contribution in [1.29, 1.82) is 0 Å². The van der Waals surface area contributed by atoms with Crippen LogP contribution < -0.4 is 4.90 Å². The van der Waals surface area contributed by atoms with Crippen molar-refractivity contribution in [1.82, 2.24) is 14.8 Å². The fourth-order valence-electron chi connectivity index (χ4n) is 3.11. The minimum absolute atomic E-state index is 0.0546. The number of rotatable bonds is 5. The van der Waals surface area contributed by atoms with E-state index in [-0.39, 0.29) is 18.1 Å². The van der Waals surface area contributed by atoms with Gasteiger partial charge < -0.3 is 14.9 Å². The average molecular weight is 368 g/mol. The van der Waals surface area contributed by atoms with Crippen molar-refractivity contribution >= 4 is 17.7 Å². The normalized spacial score (nSPS) is 14.8. The van der Waals surface area contributed by atoms with Crippen molar-refractivity contribution in [3.63, 3.8) is 0 Å². The fourth-order valence-corrected chi connectivity index (χ4v) is 3.11. The molecule has 2 heterocycles. The topological polar surface area (TPSA) is 77.0 Å². The first-order valence-corrected chi connectivity index (χ1v) is 9.10. The Balaban J connectivity index is 1.79. The molecule has 0 atom stereocenters. The van der Waals surface area contributed by atoms with Gasteiger partial charge in [0.05, 0.1) is 17.8 Å². The number of aromatic carboxylic acids is 1. The highest BCUT2D eigenvalue weighted by atomic mass is 16.4. The number of hydrogen-bond donors (Lipinski definition) is 1. The van der Waals surface area contributed by atoms with Gasteiger partial charge in [0.15, 0.2) is 0 Å². The molecule has 1 aromatic carbocycles. The number of carboxylic acid groups (broad SMARTS) is 1. The maximum absolute atomic E-state index is 13.2. The summed E-state index contributed by atoms with van der Waals surface area (Å²) in [5.74, 6) is -1.01. The number of amides is 2. The number of hydrogen-bond acceptors (Lipinski definition) is 4. The van der Waals surface area contributed by atoms with Crippen LogP contribution in [0.5, 0.6) is 0 Å². The van der Waals surface area contributed by atoms with E-state index >= 15 is 0 Å². The Morgan fingerprint density at radius 1 is 1.07 bits per heavy atom. The molecule has 0 bridgehead atoms. The zero-order valence-electron chi connectivity index (χ0n) is 15.4. The molecule has 0 aliphatic carbocycles. The highest BCUT2D eigenvalue weighted by Crippen LogP contribution is 2.19. The predicted molar refractivity (Wildman–Crippen MR) is 103 cm³/mol. The van der Waals surface area contributed by atoms with Crippen LogP contribution in [0.2, 0.25) is 0 Å². The zero-order valence-corrected chi connectivity index (χ0v) is 15.4. The number of likely N-dealkylation sites (N-methyl/N-ethyl adjacent to an activating group) is 1. The van der Waals surface area contributed by atoms with E-state index in [0.29, 0.717) is 18.8 Å². The first-order valence-electron chi connectivity index (χ1n) is 9.10. The summed E-state index contributed by atoms with van der Waals surface area (Å²) in [6.07, 6.45) is 1.32. The summed E-state index contributed by atoms with van der Waals surface area (Å²) in [6, 6.07) is 12.6. The molecule has 0 saturated carbocycles. The van der Waals surface area contributed by atoms with Gasteiger partial charge in [0, 0.05) is 38.1 Å². The van der Waals surface area contributed by atoms with Crippen LogP contribution in [0.3, 0.4) is 0 Å². The number of anilines is 1. The second kappa shape index (κ2) is 8.64. The van der Waals surface area contributed by atoms with Crippen LogP contribution in [0, 0.1) is 0 Å². The highest BCUT2D eigenvalue weighted by molar-refractivity contribution is 5.92. The molecule has 3 rings (SSSR count). The minimum Gasteiger partial charge on any atom is -0.478 e. The number of benzene rings is 1. The van der Waals surface area contributed by atoms with E-state index < -0.39 is 5.97 Å². The van der Waals surface area contributed by atoms with Crippen LogP contribution in [-0.4, -0.2) is 64.6 Å². The number of carbonyl (C=O) groups is 2. The number of para-hydroxylation sites is 1.